The molecule has 2 aromatic heterocycles. The number of hydrogen-bond acceptors (Lipinski definition) is 8. The number of nitrogens with one attached hydrogen (secondary N) is 1. The van der Waals surface area contributed by atoms with Crippen molar-refractivity contribution in [1.29, 1.82) is 0 Å². The fraction of sp³-hybridized carbons (Fsp3) is 0.320. The first-order valence-corrected chi connectivity index (χ1v) is 13.2. The van der Waals surface area contributed by atoms with Gasteiger partial charge in [0.25, 0.3) is 15.9 Å². The highest BCUT2D eigenvalue weighted by Gasteiger charge is 2.39. The van der Waals surface area contributed by atoms with E-state index in [0.29, 0.717) is 40.2 Å². The highest BCUT2D eigenvalue weighted by atomic mass is 35.5. The first-order chi connectivity index (χ1) is 16.9. The van der Waals surface area contributed by atoms with Crippen molar-refractivity contribution in [3.63, 3.8) is 0 Å². The molecule has 0 aliphatic carbocycles. The Kier molecular flexibility index (Phi) is 6.85. The predicted octanol–water partition coefficient (Wildman–Crippen LogP) is 4.13. The van der Waals surface area contributed by atoms with Gasteiger partial charge in [0.2, 0.25) is 0 Å². The number of anilines is 2. The summed E-state index contributed by atoms with van der Waals surface area (Å²) in [5, 5.41) is 0.0977. The largest absolute Gasteiger partial charge is 0.497 e. The van der Waals surface area contributed by atoms with E-state index in [4.69, 9.17) is 22.1 Å². The Morgan fingerprint density at radius 2 is 1.97 bits per heavy atom. The van der Waals surface area contributed by atoms with Crippen LogP contribution in [0.15, 0.2) is 53.7 Å². The van der Waals surface area contributed by atoms with Crippen LogP contribution in [0.3, 0.4) is 0 Å². The third-order valence-electron chi connectivity index (χ3n) is 6.13. The molecule has 0 bridgehead atoms. The van der Waals surface area contributed by atoms with Gasteiger partial charge in [-0.3, -0.25) is 4.79 Å². The molecule has 0 saturated carbocycles. The molecule has 11 heteroatoms. The molecule has 1 aliphatic heterocycles. The number of nitrogens with zero attached hydrogens (tertiary/aromatic N) is 3. The van der Waals surface area contributed by atoms with Gasteiger partial charge >= 0.3 is 0 Å². The summed E-state index contributed by atoms with van der Waals surface area (Å²) in [7, 11) is -2.75. The molecule has 190 valence electrons. The number of nitrogens with two attached hydrogens (primary N) is 1. The molecule has 9 nitrogen and oxygen atoms in total. The number of hydrogen-bond donors (Lipinski definition) is 2. The summed E-state index contributed by atoms with van der Waals surface area (Å²) in [6, 6.07) is 10.9. The SMILES string of the molecule is COc1cc(Cl)cc(-c2cnc(N3CC(C)CC3(C)C)c(C(=O)NS(=O)(=O)c3cccc(N)n3)c2)c1. The van der Waals surface area contributed by atoms with Gasteiger partial charge in [-0.25, -0.2) is 14.7 Å². The van der Waals surface area contributed by atoms with Crippen molar-refractivity contribution in [3.05, 3.63) is 59.2 Å². The maximum Gasteiger partial charge on any atom is 0.281 e. The van der Waals surface area contributed by atoms with Crippen molar-refractivity contribution < 1.29 is 17.9 Å². The summed E-state index contributed by atoms with van der Waals surface area (Å²) in [5.74, 6) is 0.507. The molecule has 36 heavy (non-hydrogen) atoms. The van der Waals surface area contributed by atoms with E-state index in [-0.39, 0.29) is 21.9 Å². The van der Waals surface area contributed by atoms with E-state index < -0.39 is 15.9 Å². The minimum atomic E-state index is -4.28. The van der Waals surface area contributed by atoms with Crippen LogP contribution < -0.4 is 20.1 Å². The molecule has 3 aromatic rings. The van der Waals surface area contributed by atoms with E-state index in [0.717, 1.165) is 6.42 Å². The molecule has 0 radical (unpaired) electrons. The topological polar surface area (TPSA) is 128 Å². The number of carbonyl (C=O) groups excluding carboxylic acids is 1. The average molecular weight is 530 g/mol. The van der Waals surface area contributed by atoms with Gasteiger partial charge in [-0.15, -0.1) is 0 Å². The van der Waals surface area contributed by atoms with E-state index in [2.05, 4.69) is 35.5 Å². The maximum absolute atomic E-state index is 13.5. The number of methoxy groups -OCH3 is 1. The number of aromatic nitrogens is 2. The summed E-state index contributed by atoms with van der Waals surface area (Å²) >= 11 is 6.25. The van der Waals surface area contributed by atoms with Crippen molar-refractivity contribution in [3.8, 4) is 16.9 Å². The maximum atomic E-state index is 13.5. The van der Waals surface area contributed by atoms with Crippen LogP contribution in [-0.4, -0.2) is 43.5 Å². The van der Waals surface area contributed by atoms with Crippen molar-refractivity contribution in [2.45, 2.75) is 37.8 Å². The van der Waals surface area contributed by atoms with Crippen molar-refractivity contribution in [2.24, 2.45) is 5.92 Å². The van der Waals surface area contributed by atoms with E-state index in [1.54, 1.807) is 30.5 Å². The quantitative estimate of drug-likeness (QED) is 0.488. The summed E-state index contributed by atoms with van der Waals surface area (Å²) in [5.41, 5.74) is 6.72. The molecule has 3 heterocycles. The van der Waals surface area contributed by atoms with E-state index >= 15 is 0 Å². The fourth-order valence-corrected chi connectivity index (χ4v) is 5.78. The van der Waals surface area contributed by atoms with E-state index in [1.165, 1.54) is 25.3 Å². The Balaban J connectivity index is 1.81. The number of sulfonamides is 1. The summed E-state index contributed by atoms with van der Waals surface area (Å²) in [4.78, 5) is 24.0. The molecule has 1 saturated heterocycles. The van der Waals surface area contributed by atoms with Gasteiger partial charge in [-0.1, -0.05) is 24.6 Å². The molecule has 4 rings (SSSR count). The minimum Gasteiger partial charge on any atom is -0.497 e. The molecule has 1 aliphatic rings. The van der Waals surface area contributed by atoms with E-state index in [9.17, 15) is 13.2 Å². The molecule has 1 aromatic carbocycles. The smallest absolute Gasteiger partial charge is 0.281 e. The summed E-state index contributed by atoms with van der Waals surface area (Å²) < 4.78 is 33.3. The Morgan fingerprint density at radius 3 is 2.61 bits per heavy atom. The average Bonchev–Trinajstić information content (AvgIpc) is 3.09. The molecule has 1 atom stereocenters. The number of pyridine rings is 2. The van der Waals surface area contributed by atoms with Crippen molar-refractivity contribution in [2.75, 3.05) is 24.3 Å². The third-order valence-corrected chi connectivity index (χ3v) is 7.58. The second kappa shape index (κ2) is 9.59. The molecular formula is C25H28ClN5O4S. The molecule has 3 N–H and O–H groups in total. The highest BCUT2D eigenvalue weighted by Crippen LogP contribution is 2.38. The number of nitrogen functional groups attached to an aromatic ring is 1. The molecule has 1 amide bonds. The van der Waals surface area contributed by atoms with Gasteiger partial charge in [-0.2, -0.15) is 8.42 Å². The van der Waals surface area contributed by atoms with Gasteiger partial charge in [0.05, 0.1) is 12.7 Å². The minimum absolute atomic E-state index is 0.0254. The first kappa shape index (κ1) is 25.7. The van der Waals surface area contributed by atoms with Crippen LogP contribution in [0.25, 0.3) is 11.1 Å². The van der Waals surface area contributed by atoms with E-state index in [1.807, 2.05) is 4.90 Å². The van der Waals surface area contributed by atoms with Crippen LogP contribution in [0.4, 0.5) is 11.6 Å². The lowest BCUT2D eigenvalue weighted by molar-refractivity contribution is 0.0981. The molecular weight excluding hydrogens is 502 g/mol. The second-order valence-corrected chi connectivity index (χ2v) is 11.6. The van der Waals surface area contributed by atoms with Crippen LogP contribution >= 0.6 is 11.6 Å². The van der Waals surface area contributed by atoms with Crippen LogP contribution in [0.1, 0.15) is 37.6 Å². The first-order valence-electron chi connectivity index (χ1n) is 11.3. The van der Waals surface area contributed by atoms with Gasteiger partial charge < -0.3 is 15.4 Å². The Bertz CT molecular complexity index is 1430. The zero-order valence-corrected chi connectivity index (χ0v) is 22.0. The lowest BCUT2D eigenvalue weighted by Gasteiger charge is -2.33. The third kappa shape index (κ3) is 5.24. The monoisotopic (exact) mass is 529 g/mol. The molecule has 1 unspecified atom stereocenters. The van der Waals surface area contributed by atoms with Gasteiger partial charge in [0.1, 0.15) is 17.4 Å². The fourth-order valence-electron chi connectivity index (χ4n) is 4.61. The van der Waals surface area contributed by atoms with Crippen LogP contribution in [-0.2, 0) is 10.0 Å². The lowest BCUT2D eigenvalue weighted by atomic mass is 9.97. The Hall–Kier alpha value is -3.37. The molecule has 0 spiro atoms. The standard InChI is InChI=1S/C25H28ClN5O4S/c1-15-12-25(2,3)31(14-15)23-20(24(32)30-36(33,34)22-7-5-6-21(27)29-22)10-17(13-28-23)16-8-18(26)11-19(9-16)35-4/h5-11,13,15H,12,14H2,1-4H3,(H2,27,29)(H,30,32). The van der Waals surface area contributed by atoms with Crippen molar-refractivity contribution >= 4 is 39.2 Å². The van der Waals surface area contributed by atoms with Gasteiger partial charge in [0, 0.05) is 28.9 Å². The normalized spacial score (nSPS) is 17.1. The number of amides is 1. The number of halogens is 1. The number of rotatable bonds is 6. The number of benzene rings is 1. The summed E-state index contributed by atoms with van der Waals surface area (Å²) in [6.45, 7) is 6.95. The highest BCUT2D eigenvalue weighted by molar-refractivity contribution is 7.90. The predicted molar refractivity (Wildman–Crippen MR) is 140 cm³/mol. The van der Waals surface area contributed by atoms with Crippen LogP contribution in [0.5, 0.6) is 5.75 Å². The molecule has 1 fully saturated rings. The number of carbonyl (C=O) groups is 1. The van der Waals surface area contributed by atoms with Gasteiger partial charge in [-0.05, 0) is 68.1 Å². The number of ether oxygens (including phenoxy) is 1. The summed E-state index contributed by atoms with van der Waals surface area (Å²) in [6.07, 6.45) is 2.54. The second-order valence-electron chi connectivity index (χ2n) is 9.54. The van der Waals surface area contributed by atoms with Crippen LogP contribution in [0, 0.1) is 5.92 Å². The van der Waals surface area contributed by atoms with Crippen molar-refractivity contribution in [1.82, 2.24) is 14.7 Å². The zero-order chi connectivity index (χ0) is 26.3. The Morgan fingerprint density at radius 1 is 1.22 bits per heavy atom. The van der Waals surface area contributed by atoms with Crippen LogP contribution in [0.2, 0.25) is 5.02 Å². The Labute approximate surface area is 215 Å². The zero-order valence-electron chi connectivity index (χ0n) is 20.4. The van der Waals surface area contributed by atoms with Gasteiger partial charge in [0.15, 0.2) is 5.03 Å². The lowest BCUT2D eigenvalue weighted by Crippen LogP contribution is -2.41.